The van der Waals surface area contributed by atoms with Gasteiger partial charge in [0.2, 0.25) is 0 Å². The van der Waals surface area contributed by atoms with Gasteiger partial charge < -0.3 is 5.11 Å². The molecule has 0 aliphatic carbocycles. The minimum Gasteiger partial charge on any atom is -0.481 e. The molecular weight excluding hydrogens is 250 g/mol. The smallest absolute Gasteiger partial charge is 0.306 e. The summed E-state index contributed by atoms with van der Waals surface area (Å²) in [6.45, 7) is 8.12. The third-order valence-electron chi connectivity index (χ3n) is 4.35. The minimum absolute atomic E-state index is 0.235. The molecule has 0 saturated carbocycles. The molecule has 1 heterocycles. The summed E-state index contributed by atoms with van der Waals surface area (Å²) in [5.74, 6) is 0.0264. The number of carbonyl (C=O) groups is 1. The molecule has 1 aliphatic heterocycles. The zero-order valence-corrected chi connectivity index (χ0v) is 12.6. The van der Waals surface area contributed by atoms with Crippen LogP contribution in [0, 0.1) is 17.8 Å². The predicted octanol–water partition coefficient (Wildman–Crippen LogP) is 3.43. The summed E-state index contributed by atoms with van der Waals surface area (Å²) in [5, 5.41) is 9.09. The van der Waals surface area contributed by atoms with Crippen molar-refractivity contribution in [3.8, 4) is 0 Å². The molecular formula is C17H25NO2. The van der Waals surface area contributed by atoms with Crippen LogP contribution >= 0.6 is 0 Å². The van der Waals surface area contributed by atoms with Crippen LogP contribution in [0.3, 0.4) is 0 Å². The Morgan fingerprint density at radius 2 is 1.85 bits per heavy atom. The van der Waals surface area contributed by atoms with Crippen LogP contribution in [0.5, 0.6) is 0 Å². The number of nitrogens with zero attached hydrogens (tertiary/aromatic N) is 1. The van der Waals surface area contributed by atoms with E-state index in [1.165, 1.54) is 5.56 Å². The normalized spacial score (nSPS) is 19.6. The molecule has 2 atom stereocenters. The molecule has 0 bridgehead atoms. The predicted molar refractivity (Wildman–Crippen MR) is 80.5 cm³/mol. The Balaban J connectivity index is 2.02. The Kier molecular flexibility index (Phi) is 4.81. The van der Waals surface area contributed by atoms with Crippen molar-refractivity contribution in [1.82, 2.24) is 4.90 Å². The van der Waals surface area contributed by atoms with Gasteiger partial charge in [0.1, 0.15) is 0 Å². The first kappa shape index (κ1) is 15.0. The zero-order valence-electron chi connectivity index (χ0n) is 12.6. The van der Waals surface area contributed by atoms with Crippen LogP contribution in [0.2, 0.25) is 0 Å². The first-order chi connectivity index (χ1) is 9.49. The minimum atomic E-state index is -0.672. The number of likely N-dealkylation sites (tertiary alicyclic amines) is 1. The standard InChI is InChI=1S/C17H25NO2/c1-12(2)9-16(14-7-5-4-6-8-14)18-10-15(11-18)13(3)17(19)20/h4-8,12-13,15-16H,9-11H2,1-3H3,(H,19,20). The Morgan fingerprint density at radius 3 is 2.35 bits per heavy atom. The molecule has 1 aromatic carbocycles. The average Bonchev–Trinajstić information content (AvgIpc) is 2.36. The summed E-state index contributed by atoms with van der Waals surface area (Å²) in [6.07, 6.45) is 1.12. The lowest BCUT2D eigenvalue weighted by Gasteiger charge is -2.46. The molecule has 3 heteroatoms. The third kappa shape index (κ3) is 3.40. The molecule has 0 aromatic heterocycles. The van der Waals surface area contributed by atoms with Crippen molar-refractivity contribution in [3.05, 3.63) is 35.9 Å². The Labute approximate surface area is 121 Å². The van der Waals surface area contributed by atoms with Gasteiger partial charge in [-0.05, 0) is 23.8 Å². The van der Waals surface area contributed by atoms with Gasteiger partial charge in [0.05, 0.1) is 5.92 Å². The van der Waals surface area contributed by atoms with Gasteiger partial charge in [-0.3, -0.25) is 9.69 Å². The van der Waals surface area contributed by atoms with Crippen LogP contribution in [0.4, 0.5) is 0 Å². The van der Waals surface area contributed by atoms with E-state index in [4.69, 9.17) is 5.11 Å². The fourth-order valence-electron chi connectivity index (χ4n) is 2.94. The van der Waals surface area contributed by atoms with E-state index < -0.39 is 5.97 Å². The van der Waals surface area contributed by atoms with E-state index in [-0.39, 0.29) is 5.92 Å². The fourth-order valence-corrected chi connectivity index (χ4v) is 2.94. The molecule has 20 heavy (non-hydrogen) atoms. The van der Waals surface area contributed by atoms with Crippen molar-refractivity contribution in [3.63, 3.8) is 0 Å². The van der Waals surface area contributed by atoms with Crippen LogP contribution in [0.15, 0.2) is 30.3 Å². The molecule has 1 aromatic rings. The van der Waals surface area contributed by atoms with Gasteiger partial charge in [0, 0.05) is 19.1 Å². The van der Waals surface area contributed by atoms with Crippen LogP contribution in [0.25, 0.3) is 0 Å². The number of hydrogen-bond donors (Lipinski definition) is 1. The number of benzene rings is 1. The largest absolute Gasteiger partial charge is 0.481 e. The van der Waals surface area contributed by atoms with E-state index in [1.807, 2.05) is 13.0 Å². The van der Waals surface area contributed by atoms with Crippen molar-refractivity contribution in [2.45, 2.75) is 33.2 Å². The highest BCUT2D eigenvalue weighted by atomic mass is 16.4. The van der Waals surface area contributed by atoms with Crippen LogP contribution in [-0.4, -0.2) is 29.1 Å². The van der Waals surface area contributed by atoms with E-state index in [1.54, 1.807) is 0 Å². The highest BCUT2D eigenvalue weighted by molar-refractivity contribution is 5.70. The second-order valence-electron chi connectivity index (χ2n) is 6.40. The maximum absolute atomic E-state index is 11.0. The SMILES string of the molecule is CC(C)CC(c1ccccc1)N1CC(C(C)C(=O)O)C1. The number of carboxylic acid groups (broad SMARTS) is 1. The average molecular weight is 275 g/mol. The highest BCUT2D eigenvalue weighted by Gasteiger charge is 2.38. The summed E-state index contributed by atoms with van der Waals surface area (Å²) in [5.41, 5.74) is 1.35. The van der Waals surface area contributed by atoms with E-state index in [9.17, 15) is 4.79 Å². The number of aliphatic carboxylic acids is 1. The lowest BCUT2D eigenvalue weighted by atomic mass is 9.83. The van der Waals surface area contributed by atoms with E-state index in [2.05, 4.69) is 43.0 Å². The molecule has 0 spiro atoms. The summed E-state index contributed by atoms with van der Waals surface area (Å²) in [4.78, 5) is 13.5. The summed E-state index contributed by atoms with van der Waals surface area (Å²) in [6, 6.07) is 11.0. The quantitative estimate of drug-likeness (QED) is 0.864. The second-order valence-corrected chi connectivity index (χ2v) is 6.40. The van der Waals surface area contributed by atoms with Gasteiger partial charge in [0.25, 0.3) is 0 Å². The molecule has 2 rings (SSSR count). The maximum Gasteiger partial charge on any atom is 0.306 e. The summed E-state index contributed by atoms with van der Waals surface area (Å²) < 4.78 is 0. The van der Waals surface area contributed by atoms with Crippen molar-refractivity contribution in [2.75, 3.05) is 13.1 Å². The highest BCUT2D eigenvalue weighted by Crippen LogP contribution is 2.35. The van der Waals surface area contributed by atoms with Crippen molar-refractivity contribution >= 4 is 5.97 Å². The van der Waals surface area contributed by atoms with Gasteiger partial charge in [-0.2, -0.15) is 0 Å². The molecule has 1 saturated heterocycles. The fraction of sp³-hybridized carbons (Fsp3) is 0.588. The van der Waals surface area contributed by atoms with Crippen LogP contribution in [0.1, 0.15) is 38.8 Å². The topological polar surface area (TPSA) is 40.5 Å². The third-order valence-corrected chi connectivity index (χ3v) is 4.35. The van der Waals surface area contributed by atoms with Gasteiger partial charge in [-0.25, -0.2) is 0 Å². The lowest BCUT2D eigenvalue weighted by molar-refractivity contribution is -0.146. The Morgan fingerprint density at radius 1 is 1.25 bits per heavy atom. The zero-order chi connectivity index (χ0) is 14.7. The molecule has 2 unspecified atom stereocenters. The van der Waals surface area contributed by atoms with E-state index in [0.29, 0.717) is 17.9 Å². The van der Waals surface area contributed by atoms with Crippen LogP contribution < -0.4 is 0 Å². The van der Waals surface area contributed by atoms with Crippen molar-refractivity contribution in [1.29, 1.82) is 0 Å². The van der Waals surface area contributed by atoms with Crippen molar-refractivity contribution in [2.24, 2.45) is 17.8 Å². The maximum atomic E-state index is 11.0. The Hall–Kier alpha value is -1.35. The number of rotatable bonds is 6. The molecule has 1 fully saturated rings. The molecule has 1 aliphatic rings. The van der Waals surface area contributed by atoms with E-state index >= 15 is 0 Å². The summed E-state index contributed by atoms with van der Waals surface area (Å²) >= 11 is 0. The Bertz CT molecular complexity index is 438. The lowest BCUT2D eigenvalue weighted by Crippen LogP contribution is -2.52. The molecule has 0 amide bonds. The van der Waals surface area contributed by atoms with Crippen molar-refractivity contribution < 1.29 is 9.90 Å². The monoisotopic (exact) mass is 275 g/mol. The second kappa shape index (κ2) is 6.40. The first-order valence-electron chi connectivity index (χ1n) is 7.50. The summed E-state index contributed by atoms with van der Waals surface area (Å²) in [7, 11) is 0. The van der Waals surface area contributed by atoms with Gasteiger partial charge in [-0.15, -0.1) is 0 Å². The molecule has 110 valence electrons. The van der Waals surface area contributed by atoms with E-state index in [0.717, 1.165) is 19.5 Å². The number of carboxylic acids is 1. The van der Waals surface area contributed by atoms with Gasteiger partial charge in [0.15, 0.2) is 0 Å². The van der Waals surface area contributed by atoms with Gasteiger partial charge >= 0.3 is 5.97 Å². The van der Waals surface area contributed by atoms with Gasteiger partial charge in [-0.1, -0.05) is 51.1 Å². The van der Waals surface area contributed by atoms with Crippen LogP contribution in [-0.2, 0) is 4.79 Å². The molecule has 3 nitrogen and oxygen atoms in total. The molecule has 1 N–H and O–H groups in total. The number of hydrogen-bond acceptors (Lipinski definition) is 2. The first-order valence-corrected chi connectivity index (χ1v) is 7.50. The molecule has 0 radical (unpaired) electrons.